The van der Waals surface area contributed by atoms with Gasteiger partial charge in [0, 0.05) is 28.4 Å². The van der Waals surface area contributed by atoms with Crippen molar-refractivity contribution in [2.24, 2.45) is 5.92 Å². The van der Waals surface area contributed by atoms with Gasteiger partial charge >= 0.3 is 0 Å². The normalized spacial score (nSPS) is 26.6. The zero-order valence-corrected chi connectivity index (χ0v) is 12.9. The molecule has 2 aliphatic carbocycles. The van der Waals surface area contributed by atoms with E-state index in [0.717, 1.165) is 22.7 Å². The SMILES string of the molecule is Cc1sc(CNC2CC2)cc1S(=O)(=O)NC1CC1C. The summed E-state index contributed by atoms with van der Waals surface area (Å²) in [6.45, 7) is 4.74. The summed E-state index contributed by atoms with van der Waals surface area (Å²) in [5, 5.41) is 3.42. The minimum absolute atomic E-state index is 0.136. The van der Waals surface area contributed by atoms with E-state index in [0.29, 0.717) is 16.9 Å². The molecule has 2 N–H and O–H groups in total. The first-order valence-corrected chi connectivity index (χ1v) is 9.10. The van der Waals surface area contributed by atoms with Crippen LogP contribution in [-0.2, 0) is 16.6 Å². The fourth-order valence-electron chi connectivity index (χ4n) is 2.16. The predicted molar refractivity (Wildman–Crippen MR) is 76.8 cm³/mol. The lowest BCUT2D eigenvalue weighted by atomic mass is 10.4. The first-order valence-electron chi connectivity index (χ1n) is 6.81. The predicted octanol–water partition coefficient (Wildman–Crippen LogP) is 2.00. The van der Waals surface area contributed by atoms with Crippen LogP contribution in [0.2, 0.25) is 0 Å². The first kappa shape index (κ1) is 13.5. The van der Waals surface area contributed by atoms with Crippen molar-refractivity contribution in [1.29, 1.82) is 0 Å². The van der Waals surface area contributed by atoms with Crippen molar-refractivity contribution in [3.8, 4) is 0 Å². The third-order valence-electron chi connectivity index (χ3n) is 3.77. The van der Waals surface area contributed by atoms with E-state index in [2.05, 4.69) is 17.0 Å². The molecule has 0 spiro atoms. The lowest BCUT2D eigenvalue weighted by Gasteiger charge is -2.04. The largest absolute Gasteiger partial charge is 0.309 e. The Morgan fingerprint density at radius 1 is 1.42 bits per heavy atom. The highest BCUT2D eigenvalue weighted by Gasteiger charge is 2.37. The minimum atomic E-state index is -3.33. The average molecular weight is 300 g/mol. The van der Waals surface area contributed by atoms with Crippen LogP contribution in [-0.4, -0.2) is 20.5 Å². The van der Waals surface area contributed by atoms with E-state index in [1.165, 1.54) is 12.8 Å². The van der Waals surface area contributed by atoms with Crippen LogP contribution in [0.1, 0.15) is 35.9 Å². The van der Waals surface area contributed by atoms with E-state index in [1.807, 2.05) is 13.0 Å². The second-order valence-corrected chi connectivity index (χ2v) is 8.75. The number of hydrogen-bond acceptors (Lipinski definition) is 4. The van der Waals surface area contributed by atoms with Crippen LogP contribution in [0.5, 0.6) is 0 Å². The van der Waals surface area contributed by atoms with Crippen LogP contribution in [0, 0.1) is 12.8 Å². The summed E-state index contributed by atoms with van der Waals surface area (Å²) in [7, 11) is -3.33. The molecule has 3 rings (SSSR count). The molecule has 0 bridgehead atoms. The Hall–Kier alpha value is -0.430. The third-order valence-corrected chi connectivity index (χ3v) is 6.57. The van der Waals surface area contributed by atoms with Gasteiger partial charge in [-0.05, 0) is 38.2 Å². The van der Waals surface area contributed by atoms with Crippen LogP contribution in [0.3, 0.4) is 0 Å². The van der Waals surface area contributed by atoms with Gasteiger partial charge in [0.05, 0.1) is 4.90 Å². The van der Waals surface area contributed by atoms with Crippen LogP contribution >= 0.6 is 11.3 Å². The lowest BCUT2D eigenvalue weighted by molar-refractivity contribution is 0.578. The van der Waals surface area contributed by atoms with E-state index < -0.39 is 10.0 Å². The molecule has 1 heterocycles. The number of rotatable bonds is 6. The van der Waals surface area contributed by atoms with Crippen molar-refractivity contribution in [2.45, 2.75) is 56.6 Å². The van der Waals surface area contributed by atoms with Gasteiger partial charge in [0.2, 0.25) is 10.0 Å². The Labute approximate surface area is 118 Å². The third kappa shape index (κ3) is 3.18. The summed E-state index contributed by atoms with van der Waals surface area (Å²) in [6, 6.07) is 2.61. The molecule has 6 heteroatoms. The molecule has 2 unspecified atom stereocenters. The molecule has 0 radical (unpaired) electrons. The molecule has 0 amide bonds. The van der Waals surface area contributed by atoms with Gasteiger partial charge in [0.1, 0.15) is 0 Å². The maximum Gasteiger partial charge on any atom is 0.241 e. The molecule has 1 aromatic heterocycles. The Morgan fingerprint density at radius 2 is 2.11 bits per heavy atom. The van der Waals surface area contributed by atoms with Crippen LogP contribution < -0.4 is 10.0 Å². The van der Waals surface area contributed by atoms with Crippen molar-refractivity contribution in [1.82, 2.24) is 10.0 Å². The molecule has 0 aliphatic heterocycles. The van der Waals surface area contributed by atoms with E-state index in [-0.39, 0.29) is 6.04 Å². The number of aryl methyl sites for hydroxylation is 1. The fraction of sp³-hybridized carbons (Fsp3) is 0.692. The molecule has 2 aliphatic rings. The molecular formula is C13H20N2O2S2. The zero-order valence-electron chi connectivity index (χ0n) is 11.3. The van der Waals surface area contributed by atoms with Gasteiger partial charge in [-0.25, -0.2) is 13.1 Å². The summed E-state index contributed by atoms with van der Waals surface area (Å²) in [5.41, 5.74) is 0. The van der Waals surface area contributed by atoms with Gasteiger partial charge in [0.15, 0.2) is 0 Å². The monoisotopic (exact) mass is 300 g/mol. The quantitative estimate of drug-likeness (QED) is 0.845. The number of sulfonamides is 1. The standard InChI is InChI=1S/C13H20N2O2S2/c1-8-5-12(8)15-19(16,17)13-6-11(18-9(13)2)7-14-10-3-4-10/h6,8,10,12,14-15H,3-5,7H2,1-2H3. The highest BCUT2D eigenvalue weighted by atomic mass is 32.2. The molecule has 2 saturated carbocycles. The number of thiophene rings is 1. The molecule has 19 heavy (non-hydrogen) atoms. The van der Waals surface area contributed by atoms with E-state index in [4.69, 9.17) is 0 Å². The van der Waals surface area contributed by atoms with Crippen molar-refractivity contribution >= 4 is 21.4 Å². The summed E-state index contributed by atoms with van der Waals surface area (Å²) >= 11 is 1.58. The Balaban J connectivity index is 1.71. The summed E-state index contributed by atoms with van der Waals surface area (Å²) in [6.07, 6.45) is 3.45. The van der Waals surface area contributed by atoms with Crippen molar-refractivity contribution < 1.29 is 8.42 Å². The van der Waals surface area contributed by atoms with E-state index in [9.17, 15) is 8.42 Å². The van der Waals surface area contributed by atoms with Crippen molar-refractivity contribution in [2.75, 3.05) is 0 Å². The second-order valence-electron chi connectivity index (χ2n) is 5.73. The van der Waals surface area contributed by atoms with Gasteiger partial charge in [-0.15, -0.1) is 11.3 Å². The molecule has 4 nitrogen and oxygen atoms in total. The molecule has 0 aromatic carbocycles. The summed E-state index contributed by atoms with van der Waals surface area (Å²) in [4.78, 5) is 2.45. The second kappa shape index (κ2) is 4.84. The minimum Gasteiger partial charge on any atom is -0.309 e. The Morgan fingerprint density at radius 3 is 2.68 bits per heavy atom. The molecule has 106 valence electrons. The zero-order chi connectivity index (χ0) is 13.6. The maximum atomic E-state index is 12.3. The van der Waals surface area contributed by atoms with Gasteiger partial charge in [-0.3, -0.25) is 0 Å². The fourth-order valence-corrected chi connectivity index (χ4v) is 5.10. The molecular weight excluding hydrogens is 280 g/mol. The van der Waals surface area contributed by atoms with E-state index >= 15 is 0 Å². The van der Waals surface area contributed by atoms with Gasteiger partial charge in [-0.2, -0.15) is 0 Å². The highest BCUT2D eigenvalue weighted by molar-refractivity contribution is 7.89. The average Bonchev–Trinajstić information content (AvgIpc) is 3.22. The van der Waals surface area contributed by atoms with Gasteiger partial charge in [-0.1, -0.05) is 6.92 Å². The van der Waals surface area contributed by atoms with Crippen molar-refractivity contribution in [3.63, 3.8) is 0 Å². The topological polar surface area (TPSA) is 58.2 Å². The van der Waals surface area contributed by atoms with Crippen LogP contribution in [0.15, 0.2) is 11.0 Å². The molecule has 0 saturated heterocycles. The van der Waals surface area contributed by atoms with Crippen LogP contribution in [0.25, 0.3) is 0 Å². The highest BCUT2D eigenvalue weighted by Crippen LogP contribution is 2.33. The number of hydrogen-bond donors (Lipinski definition) is 2. The van der Waals surface area contributed by atoms with E-state index in [1.54, 1.807) is 11.3 Å². The Bertz CT molecular complexity index is 575. The van der Waals surface area contributed by atoms with Gasteiger partial charge < -0.3 is 5.32 Å². The van der Waals surface area contributed by atoms with Gasteiger partial charge in [0.25, 0.3) is 0 Å². The smallest absolute Gasteiger partial charge is 0.241 e. The first-order chi connectivity index (χ1) is 8.95. The lowest BCUT2D eigenvalue weighted by Crippen LogP contribution is -2.27. The summed E-state index contributed by atoms with van der Waals surface area (Å²) in [5.74, 6) is 0.477. The molecule has 2 fully saturated rings. The maximum absolute atomic E-state index is 12.3. The molecule has 1 aromatic rings. The molecule has 2 atom stereocenters. The van der Waals surface area contributed by atoms with Crippen molar-refractivity contribution in [3.05, 3.63) is 15.8 Å². The summed E-state index contributed by atoms with van der Waals surface area (Å²) < 4.78 is 27.4. The van der Waals surface area contributed by atoms with Crippen LogP contribution in [0.4, 0.5) is 0 Å². The Kier molecular flexibility index (Phi) is 3.45. The number of nitrogens with one attached hydrogen (secondary N) is 2.